The summed E-state index contributed by atoms with van der Waals surface area (Å²) in [6, 6.07) is 15.0. The fourth-order valence-corrected chi connectivity index (χ4v) is 3.25. The number of carbonyl (C=O) groups is 3. The van der Waals surface area contributed by atoms with Crippen LogP contribution in [-0.2, 0) is 14.4 Å². The summed E-state index contributed by atoms with van der Waals surface area (Å²) in [6.07, 6.45) is 1.04. The summed E-state index contributed by atoms with van der Waals surface area (Å²) in [5, 5.41) is 14.8. The second-order valence-corrected chi connectivity index (χ2v) is 7.26. The van der Waals surface area contributed by atoms with Gasteiger partial charge in [-0.2, -0.15) is 5.26 Å². The van der Waals surface area contributed by atoms with Crippen molar-refractivity contribution in [2.45, 2.75) is 6.92 Å². The second kappa shape index (κ2) is 8.86. The van der Waals surface area contributed by atoms with Crippen molar-refractivity contribution < 1.29 is 14.4 Å². The van der Waals surface area contributed by atoms with Gasteiger partial charge in [-0.3, -0.25) is 19.3 Å². The van der Waals surface area contributed by atoms with Crippen LogP contribution in [0.4, 0.5) is 11.4 Å². The first-order chi connectivity index (χ1) is 14.3. The molecule has 2 aromatic carbocycles. The Morgan fingerprint density at radius 1 is 1.27 bits per heavy atom. The van der Waals surface area contributed by atoms with Crippen molar-refractivity contribution in [2.75, 3.05) is 10.2 Å². The average molecular weight is 439 g/mol. The highest BCUT2D eigenvalue weighted by molar-refractivity contribution is 7.80. The maximum atomic E-state index is 13.0. The van der Waals surface area contributed by atoms with Crippen LogP contribution in [0.25, 0.3) is 0 Å². The van der Waals surface area contributed by atoms with Crippen LogP contribution in [0.3, 0.4) is 0 Å². The zero-order valence-corrected chi connectivity index (χ0v) is 17.3. The van der Waals surface area contributed by atoms with Gasteiger partial charge in [0.2, 0.25) is 11.8 Å². The molecule has 1 heterocycles. The number of nitriles is 1. The van der Waals surface area contributed by atoms with E-state index in [4.69, 9.17) is 23.8 Å². The molecule has 1 fully saturated rings. The molecule has 7 nitrogen and oxygen atoms in total. The molecule has 9 heteroatoms. The minimum atomic E-state index is -1.40. The number of amides is 3. The molecule has 0 unspecified atom stereocenters. The Labute approximate surface area is 182 Å². The lowest BCUT2D eigenvalue weighted by atomic mass is 10.0. The minimum absolute atomic E-state index is 0.0975. The van der Waals surface area contributed by atoms with E-state index in [9.17, 15) is 19.6 Å². The summed E-state index contributed by atoms with van der Waals surface area (Å²) in [7, 11) is 0. The van der Waals surface area contributed by atoms with Crippen LogP contribution in [0.2, 0.25) is 5.02 Å². The third kappa shape index (κ3) is 4.54. The molecule has 0 saturated carbocycles. The summed E-state index contributed by atoms with van der Waals surface area (Å²) in [6.45, 7) is 1.86. The number of thiocarbonyl (C=S) groups is 1. The number of carbonyl (C=O) groups excluding carboxylic acids is 3. The molecule has 1 atom stereocenters. The van der Waals surface area contributed by atoms with E-state index in [-0.39, 0.29) is 10.7 Å². The fraction of sp³-hybridized carbons (Fsp3) is 0.0952. The molecule has 3 rings (SSSR count). The van der Waals surface area contributed by atoms with Crippen LogP contribution in [-0.4, -0.2) is 22.8 Å². The first-order valence-electron chi connectivity index (χ1n) is 8.74. The van der Waals surface area contributed by atoms with Crippen LogP contribution in [0.1, 0.15) is 5.56 Å². The number of anilines is 2. The van der Waals surface area contributed by atoms with Crippen LogP contribution in [0.15, 0.2) is 60.2 Å². The third-order valence-corrected chi connectivity index (χ3v) is 4.80. The molecule has 0 aliphatic carbocycles. The zero-order chi connectivity index (χ0) is 21.8. The number of nitrogens with one attached hydrogen (secondary N) is 2. The van der Waals surface area contributed by atoms with Gasteiger partial charge in [0.25, 0.3) is 5.91 Å². The van der Waals surface area contributed by atoms with E-state index < -0.39 is 23.6 Å². The number of nitrogens with zero attached hydrogens (tertiary/aromatic N) is 2. The van der Waals surface area contributed by atoms with Gasteiger partial charge in [-0.15, -0.1) is 0 Å². The standard InChI is InChI=1S/C21H15ClN4O3S/c1-12-3-2-4-15(9-12)24-18(27)13(11-23)10-17-19(28)25-21(30)26(20(17)29)16-7-5-14(22)6-8-16/h2-10,17H,1H3,(H,24,27)(H,25,28,30)/b13-10-/t17-/m1/s1. The summed E-state index contributed by atoms with van der Waals surface area (Å²) in [4.78, 5) is 39.0. The Morgan fingerprint density at radius 2 is 1.97 bits per heavy atom. The lowest BCUT2D eigenvalue weighted by Gasteiger charge is -2.31. The molecule has 1 saturated heterocycles. The number of hydrogen-bond acceptors (Lipinski definition) is 5. The van der Waals surface area contributed by atoms with E-state index in [0.29, 0.717) is 16.4 Å². The van der Waals surface area contributed by atoms with Crippen molar-refractivity contribution in [2.24, 2.45) is 5.92 Å². The van der Waals surface area contributed by atoms with Crippen molar-refractivity contribution in [1.29, 1.82) is 5.26 Å². The monoisotopic (exact) mass is 438 g/mol. The normalized spacial score (nSPS) is 16.7. The van der Waals surface area contributed by atoms with E-state index in [1.54, 1.807) is 48.5 Å². The van der Waals surface area contributed by atoms with Gasteiger partial charge in [-0.05, 0) is 67.2 Å². The van der Waals surface area contributed by atoms with Crippen molar-refractivity contribution in [3.8, 4) is 6.07 Å². The van der Waals surface area contributed by atoms with E-state index in [1.165, 1.54) is 0 Å². The van der Waals surface area contributed by atoms with Crippen LogP contribution < -0.4 is 15.5 Å². The molecule has 1 aliphatic rings. The highest BCUT2D eigenvalue weighted by Gasteiger charge is 2.38. The molecule has 30 heavy (non-hydrogen) atoms. The maximum Gasteiger partial charge on any atom is 0.266 e. The minimum Gasteiger partial charge on any atom is -0.321 e. The van der Waals surface area contributed by atoms with Gasteiger partial charge < -0.3 is 10.6 Å². The molecule has 3 amide bonds. The van der Waals surface area contributed by atoms with Crippen LogP contribution >= 0.6 is 23.8 Å². The maximum absolute atomic E-state index is 13.0. The predicted octanol–water partition coefficient (Wildman–Crippen LogP) is 3.10. The van der Waals surface area contributed by atoms with E-state index in [2.05, 4.69) is 10.6 Å². The van der Waals surface area contributed by atoms with Gasteiger partial charge in [-0.25, -0.2) is 0 Å². The summed E-state index contributed by atoms with van der Waals surface area (Å²) in [5.41, 5.74) is 1.44. The predicted molar refractivity (Wildman–Crippen MR) is 117 cm³/mol. The molecule has 0 radical (unpaired) electrons. The first-order valence-corrected chi connectivity index (χ1v) is 9.53. The van der Waals surface area contributed by atoms with Gasteiger partial charge in [-0.1, -0.05) is 23.7 Å². The Kier molecular flexibility index (Phi) is 6.26. The van der Waals surface area contributed by atoms with Crippen LogP contribution in [0, 0.1) is 24.2 Å². The van der Waals surface area contributed by atoms with Gasteiger partial charge >= 0.3 is 0 Å². The van der Waals surface area contributed by atoms with E-state index in [0.717, 1.165) is 16.5 Å². The molecule has 1 aliphatic heterocycles. The first kappa shape index (κ1) is 21.2. The molecular formula is C21H15ClN4O3S. The topological polar surface area (TPSA) is 102 Å². The molecule has 2 N–H and O–H groups in total. The van der Waals surface area contributed by atoms with E-state index in [1.807, 2.05) is 13.0 Å². The number of aryl methyl sites for hydroxylation is 1. The molecule has 0 bridgehead atoms. The highest BCUT2D eigenvalue weighted by Crippen LogP contribution is 2.24. The molecular weight excluding hydrogens is 424 g/mol. The number of halogens is 1. The fourth-order valence-electron chi connectivity index (χ4n) is 2.82. The van der Waals surface area contributed by atoms with Crippen LogP contribution in [0.5, 0.6) is 0 Å². The van der Waals surface area contributed by atoms with Gasteiger partial charge in [0.15, 0.2) is 5.11 Å². The number of rotatable bonds is 4. The molecule has 0 aromatic heterocycles. The van der Waals surface area contributed by atoms with Gasteiger partial charge in [0.1, 0.15) is 17.6 Å². The van der Waals surface area contributed by atoms with Crippen molar-refractivity contribution >= 4 is 58.0 Å². The second-order valence-electron chi connectivity index (χ2n) is 6.44. The molecule has 150 valence electrons. The Hall–Kier alpha value is -3.54. The quantitative estimate of drug-likeness (QED) is 0.330. The van der Waals surface area contributed by atoms with Crippen molar-refractivity contribution in [1.82, 2.24) is 5.32 Å². The highest BCUT2D eigenvalue weighted by atomic mass is 35.5. The number of hydrogen-bond donors (Lipinski definition) is 2. The molecule has 2 aromatic rings. The summed E-state index contributed by atoms with van der Waals surface area (Å²) in [5.74, 6) is -3.52. The van der Waals surface area contributed by atoms with Gasteiger partial charge in [0.05, 0.1) is 5.69 Å². The summed E-state index contributed by atoms with van der Waals surface area (Å²) < 4.78 is 0. The van der Waals surface area contributed by atoms with Gasteiger partial charge in [0, 0.05) is 10.7 Å². The Balaban J connectivity index is 1.88. The SMILES string of the molecule is Cc1cccc(NC(=O)/C(C#N)=C\[C@@H]2C(=O)NC(=S)N(c3ccc(Cl)cc3)C2=O)c1. The number of benzene rings is 2. The lowest BCUT2D eigenvalue weighted by Crippen LogP contribution is -2.57. The largest absolute Gasteiger partial charge is 0.321 e. The Bertz CT molecular complexity index is 1120. The van der Waals surface area contributed by atoms with Crippen molar-refractivity contribution in [3.05, 3.63) is 70.8 Å². The zero-order valence-electron chi connectivity index (χ0n) is 15.7. The van der Waals surface area contributed by atoms with E-state index >= 15 is 0 Å². The third-order valence-electron chi connectivity index (χ3n) is 4.26. The summed E-state index contributed by atoms with van der Waals surface area (Å²) >= 11 is 11.0. The Morgan fingerprint density at radius 3 is 2.60 bits per heavy atom. The van der Waals surface area contributed by atoms with Crippen molar-refractivity contribution in [3.63, 3.8) is 0 Å². The smallest absolute Gasteiger partial charge is 0.266 e. The average Bonchev–Trinajstić information content (AvgIpc) is 2.69. The lowest BCUT2D eigenvalue weighted by molar-refractivity contribution is -0.131. The molecule has 0 spiro atoms.